The number of carbonyl (C=O) groups excluding carboxylic acids is 1. The number of hydrogen-bond donors (Lipinski definition) is 0. The molecular formula is C17H18OS. The molecule has 1 heterocycles. The molecule has 2 aromatic rings. The molecule has 0 saturated carbocycles. The highest BCUT2D eigenvalue weighted by atomic mass is 32.1. The summed E-state index contributed by atoms with van der Waals surface area (Å²) in [4.78, 5) is 13.4. The smallest absolute Gasteiger partial charge is 0.169 e. The maximum absolute atomic E-state index is 11.4. The van der Waals surface area contributed by atoms with Crippen LogP contribution in [0.2, 0.25) is 0 Å². The minimum Gasteiger partial charge on any atom is -0.294 e. The first-order chi connectivity index (χ1) is 9.08. The molecule has 0 N–H and O–H groups in total. The van der Waals surface area contributed by atoms with Gasteiger partial charge in [-0.2, -0.15) is 0 Å². The van der Waals surface area contributed by atoms with Gasteiger partial charge in [-0.15, -0.1) is 17.9 Å². The topological polar surface area (TPSA) is 17.1 Å². The molecule has 1 aromatic carbocycles. The van der Waals surface area contributed by atoms with Gasteiger partial charge in [0.2, 0.25) is 0 Å². The molecule has 0 aliphatic carbocycles. The first-order valence-electron chi connectivity index (χ1n) is 6.41. The van der Waals surface area contributed by atoms with Crippen molar-refractivity contribution in [3.63, 3.8) is 0 Å². The van der Waals surface area contributed by atoms with Crippen LogP contribution in [0.5, 0.6) is 0 Å². The third-order valence-electron chi connectivity index (χ3n) is 3.06. The zero-order valence-corrected chi connectivity index (χ0v) is 12.2. The van der Waals surface area contributed by atoms with E-state index >= 15 is 0 Å². The largest absolute Gasteiger partial charge is 0.294 e. The second-order valence-electron chi connectivity index (χ2n) is 4.83. The summed E-state index contributed by atoms with van der Waals surface area (Å²) in [6, 6.07) is 12.4. The number of aryl methyl sites for hydroxylation is 1. The van der Waals surface area contributed by atoms with E-state index in [1.54, 1.807) is 18.3 Å². The van der Waals surface area contributed by atoms with Gasteiger partial charge < -0.3 is 0 Å². The van der Waals surface area contributed by atoms with Crippen molar-refractivity contribution in [3.05, 3.63) is 59.0 Å². The van der Waals surface area contributed by atoms with Crippen LogP contribution in [0.15, 0.2) is 48.6 Å². The van der Waals surface area contributed by atoms with Crippen molar-refractivity contribution in [2.45, 2.75) is 26.7 Å². The Hall–Kier alpha value is -1.67. The lowest BCUT2D eigenvalue weighted by Crippen LogP contribution is -1.89. The highest BCUT2D eigenvalue weighted by Crippen LogP contribution is 2.31. The number of ketones is 1. The third kappa shape index (κ3) is 3.42. The lowest BCUT2D eigenvalue weighted by Gasteiger charge is -2.07. The Morgan fingerprint density at radius 3 is 2.53 bits per heavy atom. The number of benzene rings is 1. The van der Waals surface area contributed by atoms with Crippen LogP contribution in [0, 0.1) is 0 Å². The predicted molar refractivity (Wildman–Crippen MR) is 82.9 cm³/mol. The fraction of sp³-hybridized carbons (Fsp3) is 0.235. The van der Waals surface area contributed by atoms with E-state index < -0.39 is 0 Å². The summed E-state index contributed by atoms with van der Waals surface area (Å²) in [5, 5.41) is 0. The summed E-state index contributed by atoms with van der Waals surface area (Å²) in [5.41, 5.74) is 3.76. The minimum absolute atomic E-state index is 0.135. The molecule has 2 rings (SSSR count). The molecule has 98 valence electrons. The van der Waals surface area contributed by atoms with E-state index in [1.807, 2.05) is 18.2 Å². The van der Waals surface area contributed by atoms with Crippen molar-refractivity contribution < 1.29 is 4.79 Å². The SMILES string of the molecule is C=C(C)CCc1ccccc1-c1ccc(C(C)=O)s1. The van der Waals surface area contributed by atoms with Gasteiger partial charge in [-0.1, -0.05) is 29.8 Å². The summed E-state index contributed by atoms with van der Waals surface area (Å²) in [6.45, 7) is 7.63. The van der Waals surface area contributed by atoms with E-state index in [4.69, 9.17) is 0 Å². The van der Waals surface area contributed by atoms with Gasteiger partial charge in [0.1, 0.15) is 0 Å². The van der Waals surface area contributed by atoms with Gasteiger partial charge in [-0.05, 0) is 49.9 Å². The van der Waals surface area contributed by atoms with Crippen molar-refractivity contribution in [2.24, 2.45) is 0 Å². The molecule has 0 fully saturated rings. The molecule has 0 spiro atoms. The fourth-order valence-corrected chi connectivity index (χ4v) is 2.96. The number of carbonyl (C=O) groups is 1. The first kappa shape index (κ1) is 13.8. The Kier molecular flexibility index (Phi) is 4.33. The van der Waals surface area contributed by atoms with Gasteiger partial charge in [0.25, 0.3) is 0 Å². The lowest BCUT2D eigenvalue weighted by molar-refractivity contribution is 0.102. The Morgan fingerprint density at radius 1 is 1.16 bits per heavy atom. The summed E-state index contributed by atoms with van der Waals surface area (Å²) in [7, 11) is 0. The van der Waals surface area contributed by atoms with E-state index in [0.717, 1.165) is 17.7 Å². The van der Waals surface area contributed by atoms with Crippen molar-refractivity contribution in [3.8, 4) is 10.4 Å². The fourth-order valence-electron chi connectivity index (χ4n) is 2.00. The Morgan fingerprint density at radius 2 is 1.89 bits per heavy atom. The highest BCUT2D eigenvalue weighted by Gasteiger charge is 2.09. The predicted octanol–water partition coefficient (Wildman–Crippen LogP) is 5.13. The maximum Gasteiger partial charge on any atom is 0.169 e. The van der Waals surface area contributed by atoms with E-state index in [9.17, 15) is 4.79 Å². The van der Waals surface area contributed by atoms with Crippen LogP contribution in [0.3, 0.4) is 0 Å². The van der Waals surface area contributed by atoms with Crippen LogP contribution in [0.1, 0.15) is 35.5 Å². The maximum atomic E-state index is 11.4. The quantitative estimate of drug-likeness (QED) is 0.544. The molecule has 0 bridgehead atoms. The molecular weight excluding hydrogens is 252 g/mol. The number of thiophene rings is 1. The second-order valence-corrected chi connectivity index (χ2v) is 5.92. The standard InChI is InChI=1S/C17H18OS/c1-12(2)8-9-14-6-4-5-7-15(14)17-11-10-16(19-17)13(3)18/h4-7,10-11H,1,8-9H2,2-3H3. The van der Waals surface area contributed by atoms with Gasteiger partial charge in [0.05, 0.1) is 4.88 Å². The normalized spacial score (nSPS) is 10.4. The van der Waals surface area contributed by atoms with Gasteiger partial charge in [-0.25, -0.2) is 0 Å². The van der Waals surface area contributed by atoms with Crippen LogP contribution in [-0.2, 0) is 6.42 Å². The average molecular weight is 270 g/mol. The molecule has 0 aliphatic rings. The zero-order chi connectivity index (χ0) is 13.8. The molecule has 0 unspecified atom stereocenters. The van der Waals surface area contributed by atoms with Crippen LogP contribution in [-0.4, -0.2) is 5.78 Å². The monoisotopic (exact) mass is 270 g/mol. The summed E-state index contributed by atoms with van der Waals surface area (Å²) >= 11 is 1.57. The van der Waals surface area contributed by atoms with Gasteiger partial charge in [0, 0.05) is 4.88 Å². The van der Waals surface area contributed by atoms with E-state index in [1.165, 1.54) is 21.6 Å². The number of allylic oxidation sites excluding steroid dienone is 1. The minimum atomic E-state index is 0.135. The van der Waals surface area contributed by atoms with Crippen LogP contribution < -0.4 is 0 Å². The zero-order valence-electron chi connectivity index (χ0n) is 11.4. The molecule has 0 saturated heterocycles. The van der Waals surface area contributed by atoms with Crippen molar-refractivity contribution in [1.29, 1.82) is 0 Å². The van der Waals surface area contributed by atoms with Crippen LogP contribution in [0.25, 0.3) is 10.4 Å². The molecule has 0 amide bonds. The summed E-state index contributed by atoms with van der Waals surface area (Å²) in [6.07, 6.45) is 2.00. The number of rotatable bonds is 5. The van der Waals surface area contributed by atoms with E-state index in [0.29, 0.717) is 0 Å². The number of hydrogen-bond acceptors (Lipinski definition) is 2. The molecule has 1 nitrogen and oxygen atoms in total. The summed E-state index contributed by atoms with van der Waals surface area (Å²) < 4.78 is 0. The number of Topliss-reactive ketones (excluding diaryl/α,β-unsaturated/α-hetero) is 1. The summed E-state index contributed by atoms with van der Waals surface area (Å²) in [5.74, 6) is 0.135. The molecule has 0 atom stereocenters. The first-order valence-corrected chi connectivity index (χ1v) is 7.23. The van der Waals surface area contributed by atoms with Gasteiger partial charge in [-0.3, -0.25) is 4.79 Å². The van der Waals surface area contributed by atoms with Gasteiger partial charge in [0.15, 0.2) is 5.78 Å². The Labute approximate surface area is 118 Å². The van der Waals surface area contributed by atoms with Crippen molar-refractivity contribution in [1.82, 2.24) is 0 Å². The Bertz CT molecular complexity index is 607. The molecule has 19 heavy (non-hydrogen) atoms. The molecule has 1 aromatic heterocycles. The molecule has 0 radical (unpaired) electrons. The van der Waals surface area contributed by atoms with E-state index in [-0.39, 0.29) is 5.78 Å². The van der Waals surface area contributed by atoms with Crippen LogP contribution in [0.4, 0.5) is 0 Å². The highest BCUT2D eigenvalue weighted by molar-refractivity contribution is 7.17. The van der Waals surface area contributed by atoms with Crippen molar-refractivity contribution in [2.75, 3.05) is 0 Å². The van der Waals surface area contributed by atoms with Crippen molar-refractivity contribution >= 4 is 17.1 Å². The lowest BCUT2D eigenvalue weighted by atomic mass is 10.00. The van der Waals surface area contributed by atoms with Crippen LogP contribution >= 0.6 is 11.3 Å². The third-order valence-corrected chi connectivity index (χ3v) is 4.28. The van der Waals surface area contributed by atoms with Gasteiger partial charge >= 0.3 is 0 Å². The molecule has 0 aliphatic heterocycles. The Balaban J connectivity index is 2.32. The average Bonchev–Trinajstić information content (AvgIpc) is 2.86. The molecule has 2 heteroatoms. The van der Waals surface area contributed by atoms with E-state index in [2.05, 4.69) is 31.7 Å². The second kappa shape index (κ2) is 5.98.